The van der Waals surface area contributed by atoms with E-state index in [4.69, 9.17) is 23.7 Å². The molecule has 1 aliphatic rings. The maximum Gasteiger partial charge on any atom is 0.331 e. The quantitative estimate of drug-likeness (QED) is 0.271. The molecule has 0 radical (unpaired) electrons. The SMILES string of the molecule is CC(C)OC(=O)/C=C/C(=O)OCC(CC1CCOCC1)OC(=O)/C=C/C(=O)OC(C)C. The highest BCUT2D eigenvalue weighted by molar-refractivity contribution is 5.92. The zero-order valence-corrected chi connectivity index (χ0v) is 18.5. The minimum Gasteiger partial charge on any atom is -0.460 e. The van der Waals surface area contributed by atoms with Gasteiger partial charge in [-0.2, -0.15) is 0 Å². The van der Waals surface area contributed by atoms with E-state index >= 15 is 0 Å². The van der Waals surface area contributed by atoms with Crippen LogP contribution in [0.4, 0.5) is 0 Å². The molecule has 1 fully saturated rings. The lowest BCUT2D eigenvalue weighted by molar-refractivity contribution is -0.154. The third-order valence-electron chi connectivity index (χ3n) is 4.05. The number of ether oxygens (including phenoxy) is 5. The van der Waals surface area contributed by atoms with E-state index in [2.05, 4.69) is 0 Å². The first kappa shape index (κ1) is 26.4. The van der Waals surface area contributed by atoms with Crippen LogP contribution in [-0.4, -0.2) is 62.0 Å². The lowest BCUT2D eigenvalue weighted by atomic mass is 9.94. The van der Waals surface area contributed by atoms with Crippen molar-refractivity contribution in [2.45, 2.75) is 65.3 Å². The van der Waals surface area contributed by atoms with Crippen molar-refractivity contribution in [2.24, 2.45) is 5.92 Å². The molecule has 0 N–H and O–H groups in total. The van der Waals surface area contributed by atoms with Gasteiger partial charge in [0.15, 0.2) is 0 Å². The van der Waals surface area contributed by atoms with E-state index in [1.807, 2.05) is 0 Å². The first-order valence-corrected chi connectivity index (χ1v) is 10.4. The molecule has 1 aliphatic heterocycles. The fourth-order valence-corrected chi connectivity index (χ4v) is 2.75. The Morgan fingerprint density at radius 1 is 0.774 bits per heavy atom. The van der Waals surface area contributed by atoms with Crippen LogP contribution in [0, 0.1) is 5.92 Å². The van der Waals surface area contributed by atoms with Gasteiger partial charge in [0.1, 0.15) is 12.7 Å². The van der Waals surface area contributed by atoms with Gasteiger partial charge in [0.25, 0.3) is 0 Å². The zero-order chi connectivity index (χ0) is 23.2. The molecule has 1 heterocycles. The number of carbonyl (C=O) groups excluding carboxylic acids is 4. The molecule has 9 heteroatoms. The Hall–Kier alpha value is -2.68. The van der Waals surface area contributed by atoms with E-state index in [1.54, 1.807) is 27.7 Å². The van der Waals surface area contributed by atoms with Gasteiger partial charge >= 0.3 is 23.9 Å². The summed E-state index contributed by atoms with van der Waals surface area (Å²) >= 11 is 0. The van der Waals surface area contributed by atoms with Gasteiger partial charge in [-0.3, -0.25) is 0 Å². The minimum atomic E-state index is -0.759. The molecule has 1 rings (SSSR count). The van der Waals surface area contributed by atoms with Crippen LogP contribution < -0.4 is 0 Å². The molecule has 0 aromatic carbocycles. The number of esters is 4. The molecule has 1 unspecified atom stereocenters. The highest BCUT2D eigenvalue weighted by Gasteiger charge is 2.23. The Kier molecular flexibility index (Phi) is 12.2. The summed E-state index contributed by atoms with van der Waals surface area (Å²) in [5, 5.41) is 0. The number of hydrogen-bond donors (Lipinski definition) is 0. The summed E-state index contributed by atoms with van der Waals surface area (Å²) in [6, 6.07) is 0. The molecule has 9 nitrogen and oxygen atoms in total. The summed E-state index contributed by atoms with van der Waals surface area (Å²) in [4.78, 5) is 47.0. The standard InChI is InChI=1S/C22H32O9/c1-15(2)29-20(24)6-5-19(23)28-14-18(13-17-9-11-27-12-10-17)31-22(26)8-7-21(25)30-16(3)4/h5-8,15-18H,9-14H2,1-4H3/b6-5+,8-7+. The molecule has 0 bridgehead atoms. The lowest BCUT2D eigenvalue weighted by Crippen LogP contribution is -2.29. The Morgan fingerprint density at radius 2 is 1.23 bits per heavy atom. The van der Waals surface area contributed by atoms with Crippen molar-refractivity contribution in [1.82, 2.24) is 0 Å². The number of hydrogen-bond acceptors (Lipinski definition) is 9. The highest BCUT2D eigenvalue weighted by atomic mass is 16.6. The van der Waals surface area contributed by atoms with E-state index in [0.29, 0.717) is 19.6 Å². The summed E-state index contributed by atoms with van der Waals surface area (Å²) in [7, 11) is 0. The Bertz CT molecular complexity index is 658. The Balaban J connectivity index is 2.62. The van der Waals surface area contributed by atoms with Crippen LogP contribution in [-0.2, 0) is 42.9 Å². The molecule has 31 heavy (non-hydrogen) atoms. The predicted octanol–water partition coefficient (Wildman–Crippen LogP) is 2.27. The van der Waals surface area contributed by atoms with Crippen molar-refractivity contribution in [3.63, 3.8) is 0 Å². The monoisotopic (exact) mass is 440 g/mol. The van der Waals surface area contributed by atoms with Gasteiger partial charge in [-0.05, 0) is 52.9 Å². The van der Waals surface area contributed by atoms with Gasteiger partial charge < -0.3 is 23.7 Å². The molecule has 0 spiro atoms. The van der Waals surface area contributed by atoms with Crippen LogP contribution in [0.25, 0.3) is 0 Å². The summed E-state index contributed by atoms with van der Waals surface area (Å²) in [6.45, 7) is 7.82. The first-order valence-electron chi connectivity index (χ1n) is 10.4. The van der Waals surface area contributed by atoms with E-state index < -0.39 is 30.0 Å². The van der Waals surface area contributed by atoms with Crippen molar-refractivity contribution < 1.29 is 42.9 Å². The molecular weight excluding hydrogens is 408 g/mol. The van der Waals surface area contributed by atoms with Crippen LogP contribution in [0.5, 0.6) is 0 Å². The summed E-state index contributed by atoms with van der Waals surface area (Å²) in [5.41, 5.74) is 0. The third-order valence-corrected chi connectivity index (χ3v) is 4.05. The maximum absolute atomic E-state index is 12.1. The average molecular weight is 440 g/mol. The fourth-order valence-electron chi connectivity index (χ4n) is 2.75. The van der Waals surface area contributed by atoms with Crippen molar-refractivity contribution in [1.29, 1.82) is 0 Å². The highest BCUT2D eigenvalue weighted by Crippen LogP contribution is 2.22. The van der Waals surface area contributed by atoms with Gasteiger partial charge in [0.2, 0.25) is 0 Å². The molecule has 0 saturated carbocycles. The fraction of sp³-hybridized carbons (Fsp3) is 0.636. The summed E-state index contributed by atoms with van der Waals surface area (Å²) in [6.07, 6.45) is 4.67. The smallest absolute Gasteiger partial charge is 0.331 e. The van der Waals surface area contributed by atoms with Crippen LogP contribution in [0.2, 0.25) is 0 Å². The molecule has 174 valence electrons. The second-order valence-corrected chi connectivity index (χ2v) is 7.62. The van der Waals surface area contributed by atoms with Gasteiger partial charge in [0.05, 0.1) is 12.2 Å². The lowest BCUT2D eigenvalue weighted by Gasteiger charge is -2.26. The Labute approximate surface area is 182 Å². The molecule has 0 aliphatic carbocycles. The van der Waals surface area contributed by atoms with Gasteiger partial charge in [-0.25, -0.2) is 19.2 Å². The van der Waals surface area contributed by atoms with Gasteiger partial charge in [-0.1, -0.05) is 0 Å². The number of carbonyl (C=O) groups is 4. The van der Waals surface area contributed by atoms with Crippen molar-refractivity contribution in [2.75, 3.05) is 19.8 Å². The maximum atomic E-state index is 12.1. The predicted molar refractivity (Wildman–Crippen MR) is 110 cm³/mol. The van der Waals surface area contributed by atoms with E-state index in [9.17, 15) is 19.2 Å². The van der Waals surface area contributed by atoms with E-state index in [0.717, 1.165) is 37.1 Å². The second-order valence-electron chi connectivity index (χ2n) is 7.62. The minimum absolute atomic E-state index is 0.185. The molecule has 0 aromatic heterocycles. The van der Waals surface area contributed by atoms with Gasteiger partial charge in [0, 0.05) is 37.5 Å². The van der Waals surface area contributed by atoms with Crippen LogP contribution >= 0.6 is 0 Å². The Morgan fingerprint density at radius 3 is 1.71 bits per heavy atom. The largest absolute Gasteiger partial charge is 0.460 e. The zero-order valence-electron chi connectivity index (χ0n) is 18.5. The molecule has 0 aromatic rings. The second kappa shape index (κ2) is 14.3. The third kappa shape index (κ3) is 13.3. The summed E-state index contributed by atoms with van der Waals surface area (Å²) < 4.78 is 25.6. The number of rotatable bonds is 11. The van der Waals surface area contributed by atoms with Crippen molar-refractivity contribution >= 4 is 23.9 Å². The van der Waals surface area contributed by atoms with Gasteiger partial charge in [-0.15, -0.1) is 0 Å². The first-order chi connectivity index (χ1) is 14.7. The van der Waals surface area contributed by atoms with E-state index in [-0.39, 0.29) is 24.7 Å². The van der Waals surface area contributed by atoms with E-state index in [1.165, 1.54) is 0 Å². The van der Waals surface area contributed by atoms with Crippen LogP contribution in [0.15, 0.2) is 24.3 Å². The summed E-state index contributed by atoms with van der Waals surface area (Å²) in [5.74, 6) is -2.57. The van der Waals surface area contributed by atoms with Crippen molar-refractivity contribution in [3.8, 4) is 0 Å². The van der Waals surface area contributed by atoms with Crippen LogP contribution in [0.3, 0.4) is 0 Å². The van der Waals surface area contributed by atoms with Crippen molar-refractivity contribution in [3.05, 3.63) is 24.3 Å². The van der Waals surface area contributed by atoms with Crippen LogP contribution in [0.1, 0.15) is 47.0 Å². The molecule has 1 saturated heterocycles. The average Bonchev–Trinajstić information content (AvgIpc) is 2.68. The normalized spacial score (nSPS) is 15.9. The molecule has 0 amide bonds. The topological polar surface area (TPSA) is 114 Å². The molecule has 1 atom stereocenters. The molecular formula is C22H32O9.